The number of rotatable bonds is 0. The van der Waals surface area contributed by atoms with E-state index in [0.29, 0.717) is 34.7 Å². The summed E-state index contributed by atoms with van der Waals surface area (Å²) in [5, 5.41) is 19.3. The fourth-order valence-corrected chi connectivity index (χ4v) is 12.0. The normalized spacial score (nSPS) is 47.6. The number of hydrogen-bond donors (Lipinski definition) is 2. The Morgan fingerprint density at radius 1 is 0.738 bits per heavy atom. The molecule has 2 saturated heterocycles. The van der Waals surface area contributed by atoms with E-state index in [0.717, 1.165) is 49.5 Å². The van der Waals surface area contributed by atoms with Crippen LogP contribution < -0.4 is 0 Å². The summed E-state index contributed by atoms with van der Waals surface area (Å²) in [7, 11) is 0. The molecule has 0 radical (unpaired) electrons. The molecular formula is C33H45Cl5O4. The van der Waals surface area contributed by atoms with Crippen LogP contribution in [0, 0.1) is 52.3 Å². The highest BCUT2D eigenvalue weighted by molar-refractivity contribution is 6.55. The number of aliphatic hydroxyl groups excluding tert-OH is 1. The lowest BCUT2D eigenvalue weighted by Gasteiger charge is -2.61. The van der Waals surface area contributed by atoms with E-state index in [4.69, 9.17) is 67.5 Å². The molecule has 4 aliphatic carbocycles. The average Bonchev–Trinajstić information content (AvgIpc) is 3.41. The number of aromatic hydroxyl groups is 1. The van der Waals surface area contributed by atoms with E-state index in [1.54, 1.807) is 0 Å². The van der Waals surface area contributed by atoms with E-state index < -0.39 is 0 Å². The van der Waals surface area contributed by atoms with Gasteiger partial charge in [-0.1, -0.05) is 85.7 Å². The van der Waals surface area contributed by atoms with Crippen LogP contribution in [-0.4, -0.2) is 34.8 Å². The molecule has 0 unspecified atom stereocenters. The summed E-state index contributed by atoms with van der Waals surface area (Å²) in [6, 6.07) is 0. The molecule has 0 amide bonds. The highest BCUT2D eigenvalue weighted by atomic mass is 35.5. The van der Waals surface area contributed by atoms with Crippen molar-refractivity contribution in [3.8, 4) is 5.75 Å². The molecule has 2 aliphatic heterocycles. The second-order valence-electron chi connectivity index (χ2n) is 15.0. The van der Waals surface area contributed by atoms with Crippen LogP contribution in [0.3, 0.4) is 0 Å². The van der Waals surface area contributed by atoms with Crippen LogP contribution in [0.5, 0.6) is 5.75 Å². The Morgan fingerprint density at radius 2 is 1.38 bits per heavy atom. The van der Waals surface area contributed by atoms with Gasteiger partial charge in [0.05, 0.1) is 33.9 Å². The molecule has 1 aromatic rings. The summed E-state index contributed by atoms with van der Waals surface area (Å²) in [6.45, 7) is 10.9. The summed E-state index contributed by atoms with van der Waals surface area (Å²) in [4.78, 5) is 0. The molecule has 9 heteroatoms. The van der Waals surface area contributed by atoms with E-state index in [1.807, 2.05) is 0 Å². The van der Waals surface area contributed by atoms with Crippen LogP contribution in [0.4, 0.5) is 0 Å². The number of ether oxygens (including phenoxy) is 2. The van der Waals surface area contributed by atoms with E-state index in [2.05, 4.69) is 27.7 Å². The molecule has 6 aliphatic rings. The van der Waals surface area contributed by atoms with E-state index in [1.165, 1.54) is 44.9 Å². The van der Waals surface area contributed by atoms with E-state index >= 15 is 0 Å². The third-order valence-corrected chi connectivity index (χ3v) is 15.3. The largest absolute Gasteiger partial charge is 0.505 e. The highest BCUT2D eigenvalue weighted by Gasteiger charge is 2.69. The Kier molecular flexibility index (Phi) is 8.88. The lowest BCUT2D eigenvalue weighted by atomic mass is 9.44. The molecule has 2 heterocycles. The average molecular weight is 683 g/mol. The third-order valence-electron chi connectivity index (χ3n) is 13.1. The van der Waals surface area contributed by atoms with Gasteiger partial charge in [-0.05, 0) is 104 Å². The predicted molar refractivity (Wildman–Crippen MR) is 171 cm³/mol. The van der Waals surface area contributed by atoms with Crippen molar-refractivity contribution < 1.29 is 19.7 Å². The molecule has 6 fully saturated rings. The molecule has 42 heavy (non-hydrogen) atoms. The molecule has 7 rings (SSSR count). The maximum absolute atomic E-state index is 10.3. The van der Waals surface area contributed by atoms with Crippen molar-refractivity contribution in [1.29, 1.82) is 0 Å². The van der Waals surface area contributed by atoms with Crippen molar-refractivity contribution in [3.63, 3.8) is 0 Å². The minimum absolute atomic E-state index is 0.00904. The predicted octanol–water partition coefficient (Wildman–Crippen LogP) is 10.5. The van der Waals surface area contributed by atoms with Crippen LogP contribution >= 0.6 is 58.0 Å². The molecule has 2 N–H and O–H groups in total. The molecule has 1 aromatic carbocycles. The first-order chi connectivity index (χ1) is 19.7. The van der Waals surface area contributed by atoms with Gasteiger partial charge in [0.1, 0.15) is 10.0 Å². The van der Waals surface area contributed by atoms with Crippen LogP contribution in [-0.2, 0) is 9.47 Å². The Bertz CT molecular complexity index is 1100. The summed E-state index contributed by atoms with van der Waals surface area (Å²) in [5.41, 5.74) is 0.899. The minimum atomic E-state index is -0.363. The zero-order chi connectivity index (χ0) is 30.4. The number of phenols is 1. The van der Waals surface area contributed by atoms with Gasteiger partial charge < -0.3 is 19.7 Å². The number of hydrogen-bond acceptors (Lipinski definition) is 4. The van der Waals surface area contributed by atoms with Crippen molar-refractivity contribution in [2.24, 2.45) is 52.3 Å². The van der Waals surface area contributed by atoms with Crippen molar-refractivity contribution >= 4 is 58.0 Å². The molecule has 12 atom stereocenters. The Labute approximate surface area is 276 Å². The molecule has 0 aromatic heterocycles. The van der Waals surface area contributed by atoms with Gasteiger partial charge in [0.2, 0.25) is 0 Å². The Balaban J connectivity index is 0.000000223. The van der Waals surface area contributed by atoms with Gasteiger partial charge >= 0.3 is 0 Å². The fourth-order valence-electron chi connectivity index (χ4n) is 10.8. The van der Waals surface area contributed by atoms with Gasteiger partial charge in [0, 0.05) is 12.3 Å². The van der Waals surface area contributed by atoms with Gasteiger partial charge in [-0.2, -0.15) is 0 Å². The highest BCUT2D eigenvalue weighted by Crippen LogP contribution is 2.71. The van der Waals surface area contributed by atoms with E-state index in [-0.39, 0.29) is 42.8 Å². The van der Waals surface area contributed by atoms with Crippen molar-refractivity contribution in [3.05, 3.63) is 25.1 Å². The lowest BCUT2D eigenvalue weighted by Crippen LogP contribution is -2.55. The molecule has 4 nitrogen and oxygen atoms in total. The standard InChI is InChI=1S/C27H44O3.C6HCl5O/c1-16-7-12-27(29-15-16)17(2)24-23(30-27)14-22-20-6-5-18-13-19(28)8-10-25(18,3)21(20)9-11-26(22,24)4;7-1-2(8)4(10)6(12)5(11)3(1)9/h16-24,28H,5-15H2,1-4H3;12H/t16-,17+,18+,19+,20-,21+,22+,23+,24+,25+,26+,27-;/m1./s1. The summed E-state index contributed by atoms with van der Waals surface area (Å²) < 4.78 is 13.4. The Hall–Kier alpha value is 0.350. The number of fused-ring (bicyclic) bond motifs is 7. The summed E-state index contributed by atoms with van der Waals surface area (Å²) in [6.07, 6.45) is 12.9. The minimum Gasteiger partial charge on any atom is -0.505 e. The molecule has 1 spiro atoms. The monoisotopic (exact) mass is 680 g/mol. The second kappa shape index (κ2) is 11.5. The zero-order valence-corrected chi connectivity index (χ0v) is 28.9. The third kappa shape index (κ3) is 4.95. The molecular weight excluding hydrogens is 638 g/mol. The summed E-state index contributed by atoms with van der Waals surface area (Å²) in [5.74, 6) is 4.57. The van der Waals surface area contributed by atoms with Gasteiger partial charge in [0.15, 0.2) is 11.5 Å². The topological polar surface area (TPSA) is 58.9 Å². The van der Waals surface area contributed by atoms with Crippen molar-refractivity contribution in [2.45, 2.75) is 110 Å². The first-order valence-corrected chi connectivity index (χ1v) is 17.8. The van der Waals surface area contributed by atoms with Crippen LogP contribution in [0.2, 0.25) is 25.1 Å². The molecule has 4 saturated carbocycles. The maximum Gasteiger partial charge on any atom is 0.171 e. The van der Waals surface area contributed by atoms with Crippen molar-refractivity contribution in [2.75, 3.05) is 6.61 Å². The number of halogens is 5. The smallest absolute Gasteiger partial charge is 0.171 e. The van der Waals surface area contributed by atoms with Crippen LogP contribution in [0.15, 0.2) is 0 Å². The molecule has 236 valence electrons. The quantitative estimate of drug-likeness (QED) is 0.211. The van der Waals surface area contributed by atoms with E-state index in [9.17, 15) is 10.2 Å². The lowest BCUT2D eigenvalue weighted by molar-refractivity contribution is -0.273. The van der Waals surface area contributed by atoms with Crippen LogP contribution in [0.1, 0.15) is 91.9 Å². The molecule has 0 bridgehead atoms. The Morgan fingerprint density at radius 3 is 2.02 bits per heavy atom. The van der Waals surface area contributed by atoms with Crippen molar-refractivity contribution in [1.82, 2.24) is 0 Å². The first kappa shape index (κ1) is 32.3. The van der Waals surface area contributed by atoms with Crippen LogP contribution in [0.25, 0.3) is 0 Å². The number of benzene rings is 1. The number of phenolic OH excluding ortho intramolecular Hbond substituents is 1. The summed E-state index contributed by atoms with van der Waals surface area (Å²) >= 11 is 27.9. The second-order valence-corrected chi connectivity index (χ2v) is 16.9. The fraction of sp³-hybridized carbons (Fsp3) is 0.818. The van der Waals surface area contributed by atoms with Gasteiger partial charge in [-0.3, -0.25) is 0 Å². The van der Waals surface area contributed by atoms with Gasteiger partial charge in [-0.25, -0.2) is 0 Å². The SMILES string of the molecule is C[C@@H]1CC[C@@]2(OC1)O[C@H]1C[C@H]3[C@@H]4CC[C@H]5C[C@@H](O)CC[C@]5(C)[C@H]4CC[C@]3(C)[C@H]1[C@@H]2C.Oc1c(Cl)c(Cl)c(Cl)c(Cl)c1Cl. The first-order valence-electron chi connectivity index (χ1n) is 15.9. The van der Waals surface area contributed by atoms with Gasteiger partial charge in [-0.15, -0.1) is 0 Å². The maximum atomic E-state index is 10.3. The zero-order valence-electron chi connectivity index (χ0n) is 25.1. The number of aliphatic hydroxyl groups is 1. The van der Waals surface area contributed by atoms with Gasteiger partial charge in [0.25, 0.3) is 0 Å².